The van der Waals surface area contributed by atoms with Gasteiger partial charge in [0.25, 0.3) is 0 Å². The largest absolute Gasteiger partial charge is 0.489 e. The van der Waals surface area contributed by atoms with Crippen LogP contribution in [-0.2, 0) is 0 Å². The molecule has 0 saturated heterocycles. The molecule has 0 aliphatic carbocycles. The van der Waals surface area contributed by atoms with Crippen LogP contribution in [0.1, 0.15) is 11.7 Å². The van der Waals surface area contributed by atoms with E-state index in [4.69, 9.17) is 4.74 Å². The third kappa shape index (κ3) is 1.82. The molecule has 1 aliphatic rings. The number of benzene rings is 1. The third-order valence-corrected chi connectivity index (χ3v) is 3.64. The second kappa shape index (κ2) is 4.11. The zero-order chi connectivity index (χ0) is 11.8. The highest BCUT2D eigenvalue weighted by Crippen LogP contribution is 2.39. The maximum absolute atomic E-state index is 5.80. The average Bonchev–Trinajstić information content (AvgIpc) is 2.84. The number of aromatic amines is 1. The van der Waals surface area contributed by atoms with Gasteiger partial charge in [-0.25, -0.2) is 0 Å². The number of anilines is 1. The van der Waals surface area contributed by atoms with E-state index in [9.17, 15) is 0 Å². The highest BCUT2D eigenvalue weighted by Gasteiger charge is 2.26. The molecule has 1 atom stereocenters. The van der Waals surface area contributed by atoms with Crippen molar-refractivity contribution in [3.05, 3.63) is 46.7 Å². The number of rotatable bonds is 1. The van der Waals surface area contributed by atoms with E-state index in [1.807, 2.05) is 24.4 Å². The average molecular weight is 293 g/mol. The Morgan fingerprint density at radius 3 is 3.06 bits per heavy atom. The van der Waals surface area contributed by atoms with Crippen molar-refractivity contribution in [1.29, 1.82) is 0 Å². The minimum Gasteiger partial charge on any atom is -0.489 e. The molecule has 0 amide bonds. The van der Waals surface area contributed by atoms with Gasteiger partial charge in [0.15, 0.2) is 0 Å². The number of likely N-dealkylation sites (N-methyl/N-ethyl adjacent to an activating group) is 1. The minimum absolute atomic E-state index is 0.242. The predicted molar refractivity (Wildman–Crippen MR) is 71.6 cm³/mol. The van der Waals surface area contributed by atoms with Crippen molar-refractivity contribution in [2.24, 2.45) is 0 Å². The monoisotopic (exact) mass is 292 g/mol. The summed E-state index contributed by atoms with van der Waals surface area (Å²) in [6.07, 6.45) is 1.94. The summed E-state index contributed by atoms with van der Waals surface area (Å²) >= 11 is 3.50. The summed E-state index contributed by atoms with van der Waals surface area (Å²) in [4.78, 5) is 5.49. The topological polar surface area (TPSA) is 28.3 Å². The van der Waals surface area contributed by atoms with Crippen molar-refractivity contribution in [1.82, 2.24) is 4.98 Å². The number of nitrogens with one attached hydrogen (secondary N) is 1. The highest BCUT2D eigenvalue weighted by molar-refractivity contribution is 9.10. The van der Waals surface area contributed by atoms with Crippen LogP contribution in [0.5, 0.6) is 5.75 Å². The van der Waals surface area contributed by atoms with Crippen LogP contribution in [0.4, 0.5) is 5.69 Å². The molecule has 88 valence electrons. The lowest BCUT2D eigenvalue weighted by Crippen LogP contribution is -2.33. The number of nitrogens with zero attached hydrogens (tertiary/aromatic N) is 1. The molecule has 0 radical (unpaired) electrons. The Balaban J connectivity index is 2.00. The Labute approximate surface area is 109 Å². The fourth-order valence-corrected chi connectivity index (χ4v) is 2.54. The number of hydrogen-bond acceptors (Lipinski definition) is 2. The fourth-order valence-electron chi connectivity index (χ4n) is 2.19. The van der Waals surface area contributed by atoms with Gasteiger partial charge in [-0.15, -0.1) is 0 Å². The molecule has 1 unspecified atom stereocenters. The maximum Gasteiger partial charge on any atom is 0.142 e. The molecule has 1 aliphatic heterocycles. The summed E-state index contributed by atoms with van der Waals surface area (Å²) in [6.45, 7) is 0.672. The van der Waals surface area contributed by atoms with E-state index in [2.05, 4.69) is 45.0 Å². The van der Waals surface area contributed by atoms with Gasteiger partial charge in [0.1, 0.15) is 18.4 Å². The fraction of sp³-hybridized carbons (Fsp3) is 0.231. The zero-order valence-corrected chi connectivity index (χ0v) is 11.1. The van der Waals surface area contributed by atoms with Gasteiger partial charge in [0.05, 0.1) is 5.69 Å². The van der Waals surface area contributed by atoms with Crippen LogP contribution >= 0.6 is 15.9 Å². The molecule has 4 heteroatoms. The standard InChI is InChI=1S/C13H13BrN2O/c1-16-11-7-9(14)4-5-13(11)17-8-12(16)10-3-2-6-15-10/h2-7,12,15H,8H2,1H3. The SMILES string of the molecule is CN1c2cc(Br)ccc2OCC1c1ccc[nH]1. The predicted octanol–water partition coefficient (Wildman–Crippen LogP) is 3.35. The lowest BCUT2D eigenvalue weighted by Gasteiger charge is -2.35. The van der Waals surface area contributed by atoms with E-state index < -0.39 is 0 Å². The molecule has 17 heavy (non-hydrogen) atoms. The quantitative estimate of drug-likeness (QED) is 0.873. The number of halogens is 1. The van der Waals surface area contributed by atoms with E-state index in [-0.39, 0.29) is 6.04 Å². The summed E-state index contributed by atoms with van der Waals surface area (Å²) in [5, 5.41) is 0. The van der Waals surface area contributed by atoms with Gasteiger partial charge in [-0.2, -0.15) is 0 Å². The summed E-state index contributed by atoms with van der Waals surface area (Å²) in [5.41, 5.74) is 2.29. The van der Waals surface area contributed by atoms with E-state index in [0.717, 1.165) is 15.9 Å². The molecule has 2 heterocycles. The highest BCUT2D eigenvalue weighted by atomic mass is 79.9. The van der Waals surface area contributed by atoms with Crippen LogP contribution < -0.4 is 9.64 Å². The number of aromatic nitrogens is 1. The smallest absolute Gasteiger partial charge is 0.142 e. The number of fused-ring (bicyclic) bond motifs is 1. The van der Waals surface area contributed by atoms with E-state index in [1.54, 1.807) is 0 Å². The van der Waals surface area contributed by atoms with Gasteiger partial charge in [-0.3, -0.25) is 0 Å². The summed E-state index contributed by atoms with van der Waals surface area (Å²) < 4.78 is 6.87. The van der Waals surface area contributed by atoms with Crippen LogP contribution in [0.2, 0.25) is 0 Å². The van der Waals surface area contributed by atoms with Crippen molar-refractivity contribution >= 4 is 21.6 Å². The Hall–Kier alpha value is -1.42. The number of hydrogen-bond donors (Lipinski definition) is 1. The van der Waals surface area contributed by atoms with Gasteiger partial charge in [-0.05, 0) is 30.3 Å². The summed E-state index contributed by atoms with van der Waals surface area (Å²) in [6, 6.07) is 10.4. The lowest BCUT2D eigenvalue weighted by atomic mass is 10.1. The van der Waals surface area contributed by atoms with Crippen molar-refractivity contribution in [3.63, 3.8) is 0 Å². The first-order valence-electron chi connectivity index (χ1n) is 5.54. The normalized spacial score (nSPS) is 18.7. The van der Waals surface area contributed by atoms with E-state index in [0.29, 0.717) is 6.61 Å². The molecule has 1 aromatic carbocycles. The van der Waals surface area contributed by atoms with Gasteiger partial charge in [0, 0.05) is 23.4 Å². The second-order valence-electron chi connectivity index (χ2n) is 4.18. The third-order valence-electron chi connectivity index (χ3n) is 3.15. The first kappa shape index (κ1) is 10.7. The zero-order valence-electron chi connectivity index (χ0n) is 9.48. The Morgan fingerprint density at radius 1 is 1.41 bits per heavy atom. The second-order valence-corrected chi connectivity index (χ2v) is 5.09. The van der Waals surface area contributed by atoms with Gasteiger partial charge in [0.2, 0.25) is 0 Å². The molecule has 3 rings (SSSR count). The van der Waals surface area contributed by atoms with E-state index >= 15 is 0 Å². The molecule has 0 saturated carbocycles. The number of H-pyrrole nitrogens is 1. The van der Waals surface area contributed by atoms with Gasteiger partial charge < -0.3 is 14.6 Å². The Bertz CT molecular complexity index is 524. The van der Waals surface area contributed by atoms with E-state index in [1.165, 1.54) is 5.69 Å². The summed E-state index contributed by atoms with van der Waals surface area (Å²) in [5.74, 6) is 0.943. The lowest BCUT2D eigenvalue weighted by molar-refractivity contribution is 0.266. The molecule has 1 N–H and O–H groups in total. The molecule has 0 spiro atoms. The molecule has 1 aromatic heterocycles. The van der Waals surface area contributed by atoms with Crippen LogP contribution in [0, 0.1) is 0 Å². The van der Waals surface area contributed by atoms with Crippen molar-refractivity contribution in [2.45, 2.75) is 6.04 Å². The molecule has 2 aromatic rings. The number of ether oxygens (including phenoxy) is 1. The van der Waals surface area contributed by atoms with Crippen LogP contribution in [-0.4, -0.2) is 18.6 Å². The first-order valence-corrected chi connectivity index (χ1v) is 6.33. The first-order chi connectivity index (χ1) is 8.25. The van der Waals surface area contributed by atoms with Crippen molar-refractivity contribution in [3.8, 4) is 5.75 Å². The molecular formula is C13H13BrN2O. The van der Waals surface area contributed by atoms with Crippen LogP contribution in [0.3, 0.4) is 0 Å². The van der Waals surface area contributed by atoms with Crippen LogP contribution in [0.15, 0.2) is 41.0 Å². The molecule has 0 bridgehead atoms. The molecule has 3 nitrogen and oxygen atoms in total. The Morgan fingerprint density at radius 2 is 2.29 bits per heavy atom. The van der Waals surface area contributed by atoms with Gasteiger partial charge in [-0.1, -0.05) is 15.9 Å². The molecule has 0 fully saturated rings. The minimum atomic E-state index is 0.242. The molecular weight excluding hydrogens is 280 g/mol. The van der Waals surface area contributed by atoms with Crippen molar-refractivity contribution in [2.75, 3.05) is 18.6 Å². The van der Waals surface area contributed by atoms with Crippen molar-refractivity contribution < 1.29 is 4.74 Å². The maximum atomic E-state index is 5.80. The van der Waals surface area contributed by atoms with Gasteiger partial charge >= 0.3 is 0 Å². The Kier molecular flexibility index (Phi) is 2.59. The summed E-state index contributed by atoms with van der Waals surface area (Å²) in [7, 11) is 2.10. The van der Waals surface area contributed by atoms with Crippen LogP contribution in [0.25, 0.3) is 0 Å².